The fourth-order valence-electron chi connectivity index (χ4n) is 1.07. The number of carboxylic acid groups (broad SMARTS) is 1. The highest BCUT2D eigenvalue weighted by molar-refractivity contribution is 7.09. The van der Waals surface area contributed by atoms with Crippen molar-refractivity contribution in [2.75, 3.05) is 14.1 Å². The Hall–Kier alpha value is -1.47. The number of hydrogen-bond donors (Lipinski definition) is 1. The number of aliphatic carboxylic acids is 1. The molecule has 0 bridgehead atoms. The van der Waals surface area contributed by atoms with Gasteiger partial charge in [-0.15, -0.1) is 11.3 Å². The molecule has 0 saturated carbocycles. The molecule has 0 spiro atoms. The summed E-state index contributed by atoms with van der Waals surface area (Å²) in [5.41, 5.74) is 0.648. The van der Waals surface area contributed by atoms with E-state index in [-0.39, 0.29) is 18.9 Å². The third kappa shape index (κ3) is 4.42. The number of aromatic nitrogens is 1. The molecule has 0 unspecified atom stereocenters. The first-order valence-corrected chi connectivity index (χ1v) is 6.26. The van der Waals surface area contributed by atoms with Crippen molar-refractivity contribution in [2.24, 2.45) is 0 Å². The molecule has 1 rings (SSSR count). The number of ether oxygens (including phenoxy) is 1. The van der Waals surface area contributed by atoms with Crippen molar-refractivity contribution in [1.29, 1.82) is 0 Å². The van der Waals surface area contributed by atoms with Crippen LogP contribution in [0.2, 0.25) is 0 Å². The van der Waals surface area contributed by atoms with Crippen molar-refractivity contribution < 1.29 is 19.4 Å². The second-order valence-electron chi connectivity index (χ2n) is 3.99. The molecule has 7 heteroatoms. The maximum Gasteiger partial charge on any atom is 0.332 e. The molecule has 18 heavy (non-hydrogen) atoms. The van der Waals surface area contributed by atoms with Crippen LogP contribution in [0, 0.1) is 0 Å². The summed E-state index contributed by atoms with van der Waals surface area (Å²) in [6.07, 6.45) is -0.606. The van der Waals surface area contributed by atoms with Gasteiger partial charge in [-0.2, -0.15) is 0 Å². The lowest BCUT2D eigenvalue weighted by atomic mass is 10.4. The molecular formula is C11H16N2O4S. The van der Waals surface area contributed by atoms with Crippen LogP contribution in [0.1, 0.15) is 17.6 Å². The summed E-state index contributed by atoms with van der Waals surface area (Å²) in [5, 5.41) is 11.1. The van der Waals surface area contributed by atoms with E-state index in [4.69, 9.17) is 9.84 Å². The van der Waals surface area contributed by atoms with Crippen molar-refractivity contribution in [1.82, 2.24) is 9.88 Å². The van der Waals surface area contributed by atoms with Gasteiger partial charge in [0.25, 0.3) is 0 Å². The Morgan fingerprint density at radius 1 is 1.56 bits per heavy atom. The zero-order valence-corrected chi connectivity index (χ0v) is 11.4. The van der Waals surface area contributed by atoms with Crippen molar-refractivity contribution in [3.05, 3.63) is 16.1 Å². The minimum absolute atomic E-state index is 0.0178. The summed E-state index contributed by atoms with van der Waals surface area (Å²) in [6, 6.07) is 0. The van der Waals surface area contributed by atoms with Crippen LogP contribution in [0.4, 0.5) is 0 Å². The Labute approximate surface area is 109 Å². The first kappa shape index (κ1) is 14.6. The minimum atomic E-state index is -1.01. The summed E-state index contributed by atoms with van der Waals surface area (Å²) in [6.45, 7) is 1.60. The zero-order valence-electron chi connectivity index (χ0n) is 10.5. The van der Waals surface area contributed by atoms with Gasteiger partial charge in [0.05, 0.1) is 18.7 Å². The Morgan fingerprint density at radius 3 is 2.78 bits per heavy atom. The lowest BCUT2D eigenvalue weighted by molar-refractivity contribution is -0.149. The fourth-order valence-corrected chi connectivity index (χ4v) is 1.84. The number of thiazole rings is 1. The number of carboxylic acids is 1. The maximum atomic E-state index is 11.5. The van der Waals surface area contributed by atoms with E-state index in [2.05, 4.69) is 4.98 Å². The largest absolute Gasteiger partial charge is 0.479 e. The maximum absolute atomic E-state index is 11.5. The van der Waals surface area contributed by atoms with Crippen LogP contribution in [0.25, 0.3) is 0 Å². The normalized spacial score (nSPS) is 12.2. The Morgan fingerprint density at radius 2 is 2.22 bits per heavy atom. The number of amides is 1. The molecular weight excluding hydrogens is 256 g/mol. The quantitative estimate of drug-likeness (QED) is 0.827. The highest BCUT2D eigenvalue weighted by atomic mass is 32.1. The van der Waals surface area contributed by atoms with E-state index in [1.54, 1.807) is 19.5 Å². The molecule has 0 aliphatic carbocycles. The molecule has 0 saturated heterocycles. The van der Waals surface area contributed by atoms with Gasteiger partial charge >= 0.3 is 5.97 Å². The molecule has 0 aliphatic heterocycles. The second-order valence-corrected chi connectivity index (χ2v) is 4.93. The molecule has 100 valence electrons. The molecule has 6 nitrogen and oxygen atoms in total. The lowest BCUT2D eigenvalue weighted by Gasteiger charge is -2.08. The molecule has 1 amide bonds. The van der Waals surface area contributed by atoms with E-state index < -0.39 is 12.1 Å². The Bertz CT molecular complexity index is 430. The molecule has 1 aromatic rings. The number of carbonyl (C=O) groups excluding carboxylic acids is 1. The zero-order chi connectivity index (χ0) is 13.7. The van der Waals surface area contributed by atoms with E-state index in [0.717, 1.165) is 0 Å². The first-order chi connectivity index (χ1) is 8.40. The monoisotopic (exact) mass is 272 g/mol. The number of hydrogen-bond acceptors (Lipinski definition) is 5. The summed E-state index contributed by atoms with van der Waals surface area (Å²) >= 11 is 1.37. The van der Waals surface area contributed by atoms with E-state index in [9.17, 15) is 9.59 Å². The predicted octanol–water partition coefficient (Wildman–Crippen LogP) is 0.763. The van der Waals surface area contributed by atoms with Gasteiger partial charge in [0.1, 0.15) is 5.01 Å². The van der Waals surface area contributed by atoms with Crippen molar-refractivity contribution in [3.8, 4) is 0 Å². The van der Waals surface area contributed by atoms with Gasteiger partial charge in [-0.25, -0.2) is 9.78 Å². The summed E-state index contributed by atoms with van der Waals surface area (Å²) in [4.78, 5) is 27.7. The molecule has 1 N–H and O–H groups in total. The van der Waals surface area contributed by atoms with Gasteiger partial charge in [0.2, 0.25) is 5.91 Å². The summed E-state index contributed by atoms with van der Waals surface area (Å²) < 4.78 is 5.10. The van der Waals surface area contributed by atoms with Gasteiger partial charge in [0, 0.05) is 19.5 Å². The van der Waals surface area contributed by atoms with E-state index in [0.29, 0.717) is 10.7 Å². The van der Waals surface area contributed by atoms with Crippen LogP contribution in [0.3, 0.4) is 0 Å². The van der Waals surface area contributed by atoms with Gasteiger partial charge in [-0.1, -0.05) is 0 Å². The highest BCUT2D eigenvalue weighted by Crippen LogP contribution is 2.12. The smallest absolute Gasteiger partial charge is 0.332 e. The molecule has 1 atom stereocenters. The summed E-state index contributed by atoms with van der Waals surface area (Å²) in [7, 11) is 3.38. The van der Waals surface area contributed by atoms with Crippen LogP contribution < -0.4 is 0 Å². The van der Waals surface area contributed by atoms with Crippen molar-refractivity contribution >= 4 is 23.2 Å². The van der Waals surface area contributed by atoms with Gasteiger partial charge in [0.15, 0.2) is 6.10 Å². The van der Waals surface area contributed by atoms with Crippen molar-refractivity contribution in [3.63, 3.8) is 0 Å². The Balaban J connectivity index is 2.48. The van der Waals surface area contributed by atoms with Crippen molar-refractivity contribution in [2.45, 2.75) is 26.1 Å². The van der Waals surface area contributed by atoms with Gasteiger partial charge in [-0.05, 0) is 6.92 Å². The lowest BCUT2D eigenvalue weighted by Crippen LogP contribution is -2.23. The number of nitrogens with zero attached hydrogens (tertiary/aromatic N) is 2. The Kier molecular flexibility index (Phi) is 5.24. The topological polar surface area (TPSA) is 79.7 Å². The third-order valence-electron chi connectivity index (χ3n) is 2.23. The minimum Gasteiger partial charge on any atom is -0.479 e. The molecule has 1 aromatic heterocycles. The SMILES string of the molecule is C[C@@H](OCc1csc(CC(=O)N(C)C)n1)C(=O)O. The van der Waals surface area contributed by atoms with E-state index in [1.807, 2.05) is 0 Å². The standard InChI is InChI=1S/C11H16N2O4S/c1-7(11(15)16)17-5-8-6-18-9(12-8)4-10(14)13(2)3/h6-7H,4-5H2,1-3H3,(H,15,16)/t7-/m1/s1. The summed E-state index contributed by atoms with van der Waals surface area (Å²) in [5.74, 6) is -1.02. The van der Waals surface area contributed by atoms with Gasteiger partial charge < -0.3 is 14.7 Å². The molecule has 0 aliphatic rings. The molecule has 1 heterocycles. The van der Waals surface area contributed by atoms with Crippen LogP contribution in [-0.2, 0) is 27.4 Å². The second kappa shape index (κ2) is 6.46. The number of likely N-dealkylation sites (N-methyl/N-ethyl adjacent to an activating group) is 1. The average molecular weight is 272 g/mol. The molecule has 0 aromatic carbocycles. The van der Waals surface area contributed by atoms with Gasteiger partial charge in [-0.3, -0.25) is 4.79 Å². The fraction of sp³-hybridized carbons (Fsp3) is 0.545. The van der Waals surface area contributed by atoms with E-state index >= 15 is 0 Å². The third-order valence-corrected chi connectivity index (χ3v) is 3.13. The van der Waals surface area contributed by atoms with Crippen LogP contribution in [0.5, 0.6) is 0 Å². The molecule has 0 fully saturated rings. The average Bonchev–Trinajstić information content (AvgIpc) is 2.73. The van der Waals surface area contributed by atoms with Crippen LogP contribution in [-0.4, -0.2) is 47.1 Å². The van der Waals surface area contributed by atoms with E-state index in [1.165, 1.54) is 23.2 Å². The first-order valence-electron chi connectivity index (χ1n) is 5.38. The highest BCUT2D eigenvalue weighted by Gasteiger charge is 2.13. The molecule has 0 radical (unpaired) electrons. The van der Waals surface area contributed by atoms with Crippen LogP contribution in [0.15, 0.2) is 5.38 Å². The van der Waals surface area contributed by atoms with Crippen LogP contribution >= 0.6 is 11.3 Å². The predicted molar refractivity (Wildman–Crippen MR) is 66.4 cm³/mol. The number of rotatable bonds is 6. The number of carbonyl (C=O) groups is 2.